The van der Waals surface area contributed by atoms with E-state index < -0.39 is 10.2 Å². The van der Waals surface area contributed by atoms with Gasteiger partial charge in [-0.05, 0) is 25.2 Å². The molecule has 96 valence electrons. The van der Waals surface area contributed by atoms with Gasteiger partial charge in [0.25, 0.3) is 10.2 Å². The van der Waals surface area contributed by atoms with E-state index in [-0.39, 0.29) is 0 Å². The first-order valence-corrected chi connectivity index (χ1v) is 7.72. The molecule has 0 unspecified atom stereocenters. The molecule has 1 saturated carbocycles. The van der Waals surface area contributed by atoms with E-state index in [1.54, 1.807) is 11.4 Å². The van der Waals surface area contributed by atoms with E-state index in [2.05, 4.69) is 0 Å². The molecule has 0 saturated heterocycles. The van der Waals surface area contributed by atoms with Gasteiger partial charge in [-0.25, -0.2) is 0 Å². The third-order valence-electron chi connectivity index (χ3n) is 2.84. The lowest BCUT2D eigenvalue weighted by Crippen LogP contribution is -2.43. The van der Waals surface area contributed by atoms with E-state index in [4.69, 9.17) is 11.6 Å². The van der Waals surface area contributed by atoms with Crippen molar-refractivity contribution in [2.75, 3.05) is 32.6 Å². The first-order valence-electron chi connectivity index (χ1n) is 5.79. The normalized spacial score (nSPS) is 17.3. The number of rotatable bonds is 8. The molecule has 0 bridgehead atoms. The highest BCUT2D eigenvalue weighted by Crippen LogP contribution is 2.30. The molecule has 0 N–H and O–H groups in total. The van der Waals surface area contributed by atoms with Gasteiger partial charge in [-0.2, -0.15) is 17.0 Å². The maximum atomic E-state index is 12.1. The summed E-state index contributed by atoms with van der Waals surface area (Å²) in [6, 6.07) is 0. The molecular formula is C10H21ClN2O2S. The van der Waals surface area contributed by atoms with E-state index in [1.165, 1.54) is 4.31 Å². The van der Waals surface area contributed by atoms with Crippen molar-refractivity contribution < 1.29 is 8.42 Å². The highest BCUT2D eigenvalue weighted by Gasteiger charge is 2.31. The lowest BCUT2D eigenvalue weighted by molar-refractivity contribution is 0.359. The molecule has 1 aliphatic rings. The fourth-order valence-corrected chi connectivity index (χ4v) is 3.17. The highest BCUT2D eigenvalue weighted by molar-refractivity contribution is 7.86. The van der Waals surface area contributed by atoms with Crippen molar-refractivity contribution in [3.63, 3.8) is 0 Å². The summed E-state index contributed by atoms with van der Waals surface area (Å²) in [4.78, 5) is 0. The smallest absolute Gasteiger partial charge is 0.195 e. The van der Waals surface area contributed by atoms with Crippen molar-refractivity contribution in [1.29, 1.82) is 0 Å². The molecule has 1 rings (SSSR count). The second kappa shape index (κ2) is 6.19. The Balaban J connectivity index is 2.56. The lowest BCUT2D eigenvalue weighted by atomic mass is 10.4. The molecule has 1 aliphatic carbocycles. The van der Waals surface area contributed by atoms with Crippen LogP contribution in [0.3, 0.4) is 0 Å². The summed E-state index contributed by atoms with van der Waals surface area (Å²) in [5.74, 6) is 1.07. The third-order valence-corrected chi connectivity index (χ3v) is 5.14. The quantitative estimate of drug-likeness (QED) is 0.627. The van der Waals surface area contributed by atoms with Crippen LogP contribution in [0.1, 0.15) is 26.2 Å². The van der Waals surface area contributed by atoms with Gasteiger partial charge < -0.3 is 0 Å². The summed E-state index contributed by atoms with van der Waals surface area (Å²) >= 11 is 5.57. The SMILES string of the molecule is CCN(CC1CC1)S(=O)(=O)N(C)CCCCl. The van der Waals surface area contributed by atoms with Crippen LogP contribution in [0.4, 0.5) is 0 Å². The zero-order valence-electron chi connectivity index (χ0n) is 10.0. The van der Waals surface area contributed by atoms with Crippen molar-refractivity contribution in [3.8, 4) is 0 Å². The Bertz CT molecular complexity index is 304. The van der Waals surface area contributed by atoms with Crippen molar-refractivity contribution >= 4 is 21.8 Å². The second-order valence-corrected chi connectivity index (χ2v) is 6.68. The van der Waals surface area contributed by atoms with Gasteiger partial charge in [-0.3, -0.25) is 0 Å². The first kappa shape index (κ1) is 14.2. The summed E-state index contributed by atoms with van der Waals surface area (Å²) < 4.78 is 27.3. The number of alkyl halides is 1. The van der Waals surface area contributed by atoms with Crippen LogP contribution in [0.25, 0.3) is 0 Å². The minimum atomic E-state index is -3.27. The molecule has 0 spiro atoms. The molecule has 0 heterocycles. The maximum absolute atomic E-state index is 12.1. The number of hydrogen-bond donors (Lipinski definition) is 0. The third kappa shape index (κ3) is 3.87. The van der Waals surface area contributed by atoms with Crippen LogP contribution < -0.4 is 0 Å². The zero-order valence-corrected chi connectivity index (χ0v) is 11.6. The Morgan fingerprint density at radius 1 is 1.38 bits per heavy atom. The molecule has 0 aromatic rings. The summed E-state index contributed by atoms with van der Waals surface area (Å²) in [5, 5.41) is 0. The van der Waals surface area contributed by atoms with E-state index >= 15 is 0 Å². The van der Waals surface area contributed by atoms with Gasteiger partial charge in [0.1, 0.15) is 0 Å². The molecule has 16 heavy (non-hydrogen) atoms. The number of hydrogen-bond acceptors (Lipinski definition) is 2. The Hall–Kier alpha value is 0.160. The van der Waals surface area contributed by atoms with E-state index in [9.17, 15) is 8.42 Å². The summed E-state index contributed by atoms with van der Waals surface area (Å²) in [6.07, 6.45) is 3.02. The number of nitrogens with zero attached hydrogens (tertiary/aromatic N) is 2. The molecule has 0 amide bonds. The Morgan fingerprint density at radius 3 is 2.44 bits per heavy atom. The highest BCUT2D eigenvalue weighted by atomic mass is 35.5. The topological polar surface area (TPSA) is 40.6 Å². The summed E-state index contributed by atoms with van der Waals surface area (Å²) in [6.45, 7) is 3.59. The number of halogens is 1. The molecule has 0 aliphatic heterocycles. The summed E-state index contributed by atoms with van der Waals surface area (Å²) in [5.41, 5.74) is 0. The minimum Gasteiger partial charge on any atom is -0.195 e. The van der Waals surface area contributed by atoms with Gasteiger partial charge in [0.2, 0.25) is 0 Å². The molecule has 0 aromatic heterocycles. The van der Waals surface area contributed by atoms with Gasteiger partial charge in [-0.1, -0.05) is 6.92 Å². The lowest BCUT2D eigenvalue weighted by Gasteiger charge is -2.26. The molecule has 1 fully saturated rings. The first-order chi connectivity index (χ1) is 7.52. The fourth-order valence-electron chi connectivity index (χ4n) is 1.57. The molecule has 0 atom stereocenters. The Labute approximate surface area is 104 Å². The van der Waals surface area contributed by atoms with Crippen molar-refractivity contribution in [2.45, 2.75) is 26.2 Å². The molecular weight excluding hydrogens is 248 g/mol. The van der Waals surface area contributed by atoms with Gasteiger partial charge in [0, 0.05) is 32.6 Å². The predicted molar refractivity (Wildman–Crippen MR) is 66.9 cm³/mol. The standard InChI is InChI=1S/C10H21ClN2O2S/c1-3-13(9-10-5-6-10)16(14,15)12(2)8-4-7-11/h10H,3-9H2,1-2H3. The second-order valence-electron chi connectivity index (χ2n) is 4.27. The van der Waals surface area contributed by atoms with Gasteiger partial charge >= 0.3 is 0 Å². The van der Waals surface area contributed by atoms with Gasteiger partial charge in [0.15, 0.2) is 0 Å². The Kier molecular flexibility index (Phi) is 5.50. The average Bonchev–Trinajstić information content (AvgIpc) is 3.05. The van der Waals surface area contributed by atoms with E-state index in [0.717, 1.165) is 12.8 Å². The van der Waals surface area contributed by atoms with Crippen LogP contribution in [-0.2, 0) is 10.2 Å². The minimum absolute atomic E-state index is 0.493. The monoisotopic (exact) mass is 268 g/mol. The maximum Gasteiger partial charge on any atom is 0.281 e. The fraction of sp³-hybridized carbons (Fsp3) is 1.00. The largest absolute Gasteiger partial charge is 0.281 e. The van der Waals surface area contributed by atoms with Crippen LogP contribution in [0.5, 0.6) is 0 Å². The van der Waals surface area contributed by atoms with Crippen LogP contribution in [0.2, 0.25) is 0 Å². The van der Waals surface area contributed by atoms with Gasteiger partial charge in [0.05, 0.1) is 0 Å². The molecule has 6 heteroatoms. The van der Waals surface area contributed by atoms with Crippen LogP contribution in [-0.4, -0.2) is 49.6 Å². The molecule has 0 aromatic carbocycles. The zero-order chi connectivity index (χ0) is 12.2. The van der Waals surface area contributed by atoms with Gasteiger partial charge in [-0.15, -0.1) is 11.6 Å². The summed E-state index contributed by atoms with van der Waals surface area (Å²) in [7, 11) is -1.65. The van der Waals surface area contributed by atoms with Crippen molar-refractivity contribution in [1.82, 2.24) is 8.61 Å². The van der Waals surface area contributed by atoms with Crippen LogP contribution in [0.15, 0.2) is 0 Å². The molecule has 0 radical (unpaired) electrons. The van der Waals surface area contributed by atoms with E-state index in [0.29, 0.717) is 37.9 Å². The average molecular weight is 269 g/mol. The van der Waals surface area contributed by atoms with Crippen molar-refractivity contribution in [3.05, 3.63) is 0 Å². The van der Waals surface area contributed by atoms with E-state index in [1.807, 2.05) is 6.92 Å². The predicted octanol–water partition coefficient (Wildman–Crippen LogP) is 1.52. The Morgan fingerprint density at radius 2 is 2.00 bits per heavy atom. The van der Waals surface area contributed by atoms with Crippen molar-refractivity contribution in [2.24, 2.45) is 5.92 Å². The van der Waals surface area contributed by atoms with Crippen LogP contribution in [0, 0.1) is 5.92 Å². The molecule has 4 nitrogen and oxygen atoms in total. The van der Waals surface area contributed by atoms with Crippen LogP contribution >= 0.6 is 11.6 Å².